The van der Waals surface area contributed by atoms with E-state index in [0.717, 1.165) is 22.4 Å². The lowest BCUT2D eigenvalue weighted by atomic mass is 9.72. The van der Waals surface area contributed by atoms with Gasteiger partial charge in [0.1, 0.15) is 35.6 Å². The number of fused-ring (bicyclic) bond motifs is 4. The number of aliphatic hydroxyl groups is 1. The summed E-state index contributed by atoms with van der Waals surface area (Å²) in [5, 5.41) is 20.2. The molecule has 2 amide bonds. The highest BCUT2D eigenvalue weighted by atomic mass is 16.5. The van der Waals surface area contributed by atoms with Crippen molar-refractivity contribution in [3.63, 3.8) is 0 Å². The lowest BCUT2D eigenvalue weighted by molar-refractivity contribution is -0.138. The van der Waals surface area contributed by atoms with Crippen molar-refractivity contribution >= 4 is 17.5 Å². The molecule has 7 rings (SSSR count). The highest BCUT2D eigenvalue weighted by molar-refractivity contribution is 5.90. The van der Waals surface area contributed by atoms with E-state index in [9.17, 15) is 14.7 Å². The van der Waals surface area contributed by atoms with Crippen LogP contribution in [-0.4, -0.2) is 45.3 Å². The van der Waals surface area contributed by atoms with Gasteiger partial charge in [0.05, 0.1) is 5.69 Å². The summed E-state index contributed by atoms with van der Waals surface area (Å²) >= 11 is 0. The number of hydrogen-bond acceptors (Lipinski definition) is 9. The standard InChI is InChI=1S/C34H37N5O6/c1-16(2)24-31-39-25(30-35-17(3)15-43-30)27(45-31)34-19-9-7-8-10-21(19)37-32(34)44-23-12-11-18(13-20(23)34)14-22(28(41)38-24)36-29(42)26(40)33(4,5)6/h7-13,15-16,22,24,26,32,37,40H,14H2,1-6H3,(H,36,42)(H,38,41)/t22-,24-,26+,32-,34?/m0/s1. The molecule has 0 radical (unpaired) electrons. The van der Waals surface area contributed by atoms with Crippen molar-refractivity contribution in [3.8, 4) is 17.3 Å². The number of carbonyl (C=O) groups excluding carboxylic acids is 2. The molecule has 5 heterocycles. The number of nitrogens with zero attached hydrogens (tertiary/aromatic N) is 2. The SMILES string of the molecule is Cc1coc(-c2nc3oc2C24c5ccccc5N[C@H]2Oc2ccc(cc24)C[C@H](NC(=O)[C@@H](O)C(C)(C)C)C(=O)N[C@H]3C(C)C)n1. The predicted molar refractivity (Wildman–Crippen MR) is 164 cm³/mol. The van der Waals surface area contributed by atoms with Gasteiger partial charge in [-0.2, -0.15) is 0 Å². The topological polar surface area (TPSA) is 152 Å². The van der Waals surface area contributed by atoms with Gasteiger partial charge in [-0.05, 0) is 41.5 Å². The van der Waals surface area contributed by atoms with Gasteiger partial charge in [0.15, 0.2) is 17.7 Å². The Morgan fingerprint density at radius 2 is 1.89 bits per heavy atom. The Morgan fingerprint density at radius 1 is 1.11 bits per heavy atom. The van der Waals surface area contributed by atoms with Crippen LogP contribution in [0.5, 0.6) is 5.75 Å². The average molecular weight is 612 g/mol. The van der Waals surface area contributed by atoms with Gasteiger partial charge in [-0.1, -0.05) is 65.0 Å². The van der Waals surface area contributed by atoms with Crippen molar-refractivity contribution in [3.05, 3.63) is 82.8 Å². The molecule has 4 N–H and O–H groups in total. The molecule has 0 fully saturated rings. The van der Waals surface area contributed by atoms with Crippen molar-refractivity contribution in [2.45, 2.75) is 77.8 Å². The Labute approximate surface area is 260 Å². The molecule has 0 aliphatic carbocycles. The summed E-state index contributed by atoms with van der Waals surface area (Å²) in [6, 6.07) is 12.1. The van der Waals surface area contributed by atoms with Crippen LogP contribution >= 0.6 is 0 Å². The Kier molecular flexibility index (Phi) is 6.59. The van der Waals surface area contributed by atoms with E-state index in [1.165, 1.54) is 0 Å². The largest absolute Gasteiger partial charge is 0.469 e. The molecule has 1 spiro atoms. The molecular formula is C34H37N5O6. The monoisotopic (exact) mass is 611 g/mol. The van der Waals surface area contributed by atoms with Gasteiger partial charge in [-0.3, -0.25) is 9.59 Å². The van der Waals surface area contributed by atoms with Crippen LogP contribution < -0.4 is 20.7 Å². The van der Waals surface area contributed by atoms with E-state index in [1.54, 1.807) is 27.0 Å². The average Bonchev–Trinajstić information content (AvgIpc) is 3.74. The van der Waals surface area contributed by atoms with Crippen LogP contribution in [0.15, 0.2) is 57.6 Å². The number of aryl methyl sites for hydroxylation is 1. The van der Waals surface area contributed by atoms with Gasteiger partial charge in [0.25, 0.3) is 0 Å². The van der Waals surface area contributed by atoms with Crippen LogP contribution in [0.25, 0.3) is 11.6 Å². The van der Waals surface area contributed by atoms with Crippen molar-refractivity contribution in [2.75, 3.05) is 5.32 Å². The minimum Gasteiger partial charge on any atom is -0.469 e. The van der Waals surface area contributed by atoms with Gasteiger partial charge in [-0.25, -0.2) is 9.97 Å². The number of hydrogen-bond donors (Lipinski definition) is 4. The van der Waals surface area contributed by atoms with E-state index in [1.807, 2.05) is 63.2 Å². The van der Waals surface area contributed by atoms with Crippen molar-refractivity contribution in [2.24, 2.45) is 11.3 Å². The Morgan fingerprint density at radius 3 is 2.60 bits per heavy atom. The van der Waals surface area contributed by atoms with E-state index >= 15 is 0 Å². The molecule has 4 aromatic rings. The summed E-state index contributed by atoms with van der Waals surface area (Å²) in [7, 11) is 0. The highest BCUT2D eigenvalue weighted by Crippen LogP contribution is 2.59. The van der Waals surface area contributed by atoms with Crippen LogP contribution in [0.3, 0.4) is 0 Å². The fourth-order valence-electron chi connectivity index (χ4n) is 6.55. The van der Waals surface area contributed by atoms with Crippen molar-refractivity contribution in [1.29, 1.82) is 0 Å². The number of carbonyl (C=O) groups is 2. The molecule has 2 aromatic heterocycles. The van der Waals surface area contributed by atoms with E-state index in [4.69, 9.17) is 18.6 Å². The number of oxazole rings is 2. The van der Waals surface area contributed by atoms with Gasteiger partial charge >= 0.3 is 0 Å². The second-order valence-electron chi connectivity index (χ2n) is 13.6. The molecule has 0 saturated carbocycles. The van der Waals surface area contributed by atoms with E-state index in [2.05, 4.69) is 20.9 Å². The molecule has 3 aliphatic rings. The molecule has 0 saturated heterocycles. The summed E-state index contributed by atoms with van der Waals surface area (Å²) in [6.07, 6.45) is -0.133. The van der Waals surface area contributed by atoms with Gasteiger partial charge in [-0.15, -0.1) is 0 Å². The summed E-state index contributed by atoms with van der Waals surface area (Å²) in [4.78, 5) is 36.8. The number of benzene rings is 2. The number of aliphatic hydroxyl groups excluding tert-OH is 1. The van der Waals surface area contributed by atoms with E-state index < -0.39 is 47.1 Å². The number of anilines is 1. The quantitative estimate of drug-likeness (QED) is 0.264. The first-order valence-corrected chi connectivity index (χ1v) is 15.3. The van der Waals surface area contributed by atoms with Crippen LogP contribution in [0, 0.1) is 18.3 Å². The molecule has 11 nitrogen and oxygen atoms in total. The Hall–Kier alpha value is -4.64. The van der Waals surface area contributed by atoms with Crippen LogP contribution in [0.4, 0.5) is 5.69 Å². The molecule has 11 heteroatoms. The minimum atomic E-state index is -1.31. The van der Waals surface area contributed by atoms with E-state index in [0.29, 0.717) is 28.8 Å². The molecule has 45 heavy (non-hydrogen) atoms. The molecule has 1 unspecified atom stereocenters. The number of rotatable bonds is 4. The van der Waals surface area contributed by atoms with Crippen LogP contribution in [-0.2, 0) is 21.4 Å². The molecular weight excluding hydrogens is 574 g/mol. The smallest absolute Gasteiger partial charge is 0.250 e. The minimum absolute atomic E-state index is 0.144. The zero-order chi connectivity index (χ0) is 31.8. The maximum absolute atomic E-state index is 14.0. The molecule has 2 aromatic carbocycles. The number of aromatic nitrogens is 2. The number of amides is 2. The van der Waals surface area contributed by atoms with Crippen molar-refractivity contribution in [1.82, 2.24) is 20.6 Å². The normalized spacial score (nSPS) is 24.0. The summed E-state index contributed by atoms with van der Waals surface area (Å²) in [6.45, 7) is 11.1. The Balaban J connectivity index is 1.47. The number of para-hydroxylation sites is 1. The highest BCUT2D eigenvalue weighted by Gasteiger charge is 2.61. The molecule has 5 atom stereocenters. The zero-order valence-electron chi connectivity index (χ0n) is 26.1. The predicted octanol–water partition coefficient (Wildman–Crippen LogP) is 4.38. The first-order valence-electron chi connectivity index (χ1n) is 15.3. The maximum atomic E-state index is 14.0. The summed E-state index contributed by atoms with van der Waals surface area (Å²) < 4.78 is 19.3. The fraction of sp³-hybridized carbons (Fsp3) is 0.412. The second-order valence-corrected chi connectivity index (χ2v) is 13.6. The third-order valence-electron chi connectivity index (χ3n) is 8.94. The van der Waals surface area contributed by atoms with Gasteiger partial charge in [0.2, 0.25) is 23.6 Å². The van der Waals surface area contributed by atoms with Gasteiger partial charge in [0, 0.05) is 17.7 Å². The molecule has 4 bridgehead atoms. The molecule has 3 aliphatic heterocycles. The van der Waals surface area contributed by atoms with E-state index in [-0.39, 0.29) is 18.2 Å². The van der Waals surface area contributed by atoms with Crippen LogP contribution in [0.1, 0.15) is 74.7 Å². The second kappa shape index (κ2) is 10.2. The van der Waals surface area contributed by atoms with Crippen molar-refractivity contribution < 1.29 is 28.3 Å². The summed E-state index contributed by atoms with van der Waals surface area (Å²) in [5.41, 5.74) is 2.88. The Bertz CT molecular complexity index is 1820. The van der Waals surface area contributed by atoms with Crippen LogP contribution in [0.2, 0.25) is 0 Å². The van der Waals surface area contributed by atoms with Gasteiger partial charge < -0.3 is 34.6 Å². The third-order valence-corrected chi connectivity index (χ3v) is 8.94. The maximum Gasteiger partial charge on any atom is 0.250 e. The fourth-order valence-corrected chi connectivity index (χ4v) is 6.55. The first kappa shape index (κ1) is 29.1. The first-order chi connectivity index (χ1) is 21.4. The number of nitrogens with one attached hydrogen (secondary N) is 3. The summed E-state index contributed by atoms with van der Waals surface area (Å²) in [5.74, 6) is 0.543. The lowest BCUT2D eigenvalue weighted by Crippen LogP contribution is -2.53. The molecule has 234 valence electrons. The zero-order valence-corrected chi connectivity index (χ0v) is 26.1. The third kappa shape index (κ3) is 4.51. The number of ether oxygens (including phenoxy) is 1. The lowest BCUT2D eigenvalue weighted by Gasteiger charge is -2.30.